The molecule has 0 atom stereocenters. The summed E-state index contributed by atoms with van der Waals surface area (Å²) in [6.07, 6.45) is 0. The average Bonchev–Trinajstić information content (AvgIpc) is 3.88. The van der Waals surface area contributed by atoms with E-state index in [0.29, 0.717) is 0 Å². The van der Waals surface area contributed by atoms with Crippen LogP contribution in [0.25, 0.3) is 98.8 Å². The molecule has 0 fully saturated rings. The van der Waals surface area contributed by atoms with Gasteiger partial charge in [-0.3, -0.25) is 0 Å². The third-order valence-corrected chi connectivity index (χ3v) is 11.9. The van der Waals surface area contributed by atoms with E-state index in [1.54, 1.807) is 0 Å². The van der Waals surface area contributed by atoms with E-state index < -0.39 is 0 Å². The predicted octanol–water partition coefficient (Wildman–Crippen LogP) is 16.3. The zero-order valence-electron chi connectivity index (χ0n) is 32.0. The quantitative estimate of drug-likeness (QED) is 0.158. The first kappa shape index (κ1) is 33.3. The first-order valence-electron chi connectivity index (χ1n) is 20.1. The van der Waals surface area contributed by atoms with E-state index in [-0.39, 0.29) is 0 Å². The standard InChI is InChI=1S/C56H35NO2/c1-2-12-37(13-3-1)44-19-10-20-49-51-34-39(28-33-54(51)58-55(44)49)36-24-29-41(30-25-36)57(52-22-11-21-48-47-18-8-9-23-53(47)59-56(48)52)42-31-26-38(27-32-42)50-35-40-14-4-5-15-43(40)45-16-6-7-17-46(45)50/h1-35H. The molecule has 0 amide bonds. The molecule has 0 aliphatic heterocycles. The van der Waals surface area contributed by atoms with Crippen molar-refractivity contribution in [3.05, 3.63) is 212 Å². The second-order valence-electron chi connectivity index (χ2n) is 15.2. The Kier molecular flexibility index (Phi) is 7.54. The molecule has 0 saturated heterocycles. The minimum atomic E-state index is 0.856. The lowest BCUT2D eigenvalue weighted by molar-refractivity contribution is 0.669. The van der Waals surface area contributed by atoms with Gasteiger partial charge in [0.05, 0.1) is 5.69 Å². The summed E-state index contributed by atoms with van der Waals surface area (Å²) in [6.45, 7) is 0. The molecule has 0 N–H and O–H groups in total. The summed E-state index contributed by atoms with van der Waals surface area (Å²) >= 11 is 0. The molecule has 2 heterocycles. The van der Waals surface area contributed by atoms with Crippen LogP contribution in [0.4, 0.5) is 17.1 Å². The summed E-state index contributed by atoms with van der Waals surface area (Å²) in [7, 11) is 0. The molecular formula is C56H35NO2. The number of hydrogen-bond donors (Lipinski definition) is 0. The fourth-order valence-corrected chi connectivity index (χ4v) is 9.04. The molecule has 3 heteroatoms. The van der Waals surface area contributed by atoms with E-state index in [2.05, 4.69) is 199 Å². The van der Waals surface area contributed by atoms with Crippen molar-refractivity contribution >= 4 is 82.5 Å². The SMILES string of the molecule is c1ccc(-c2cccc3c2oc2ccc(-c4ccc(N(c5ccc(-c6cc7ccccc7c7ccccc67)cc5)c5cccc6c5oc5ccccc56)cc4)cc23)cc1. The molecule has 3 nitrogen and oxygen atoms in total. The fraction of sp³-hybridized carbons (Fsp3) is 0. The van der Waals surface area contributed by atoms with Crippen LogP contribution in [0.1, 0.15) is 0 Å². The van der Waals surface area contributed by atoms with Gasteiger partial charge in [0.2, 0.25) is 0 Å². The van der Waals surface area contributed by atoms with Crippen LogP contribution < -0.4 is 4.90 Å². The van der Waals surface area contributed by atoms with Crippen LogP contribution in [0.2, 0.25) is 0 Å². The lowest BCUT2D eigenvalue weighted by Crippen LogP contribution is -2.10. The van der Waals surface area contributed by atoms with Crippen molar-refractivity contribution in [1.82, 2.24) is 0 Å². The van der Waals surface area contributed by atoms with Crippen LogP contribution in [-0.4, -0.2) is 0 Å². The summed E-state index contributed by atoms with van der Waals surface area (Å²) in [5, 5.41) is 9.44. The lowest BCUT2D eigenvalue weighted by Gasteiger charge is -2.26. The maximum Gasteiger partial charge on any atom is 0.159 e. The number of fused-ring (bicyclic) bond motifs is 9. The van der Waals surface area contributed by atoms with E-state index in [9.17, 15) is 0 Å². The second kappa shape index (κ2) is 13.4. The number of furan rings is 2. The molecule has 0 radical (unpaired) electrons. The first-order valence-corrected chi connectivity index (χ1v) is 20.1. The Balaban J connectivity index is 0.973. The van der Waals surface area contributed by atoms with Gasteiger partial charge in [-0.2, -0.15) is 0 Å². The molecule has 12 rings (SSSR count). The maximum atomic E-state index is 6.64. The van der Waals surface area contributed by atoms with Crippen LogP contribution in [0.15, 0.2) is 221 Å². The Bertz CT molecular complexity index is 3540. The number of benzene rings is 10. The molecule has 0 unspecified atom stereocenters. The minimum absolute atomic E-state index is 0.856. The Morgan fingerprint density at radius 3 is 1.64 bits per heavy atom. The van der Waals surface area contributed by atoms with Gasteiger partial charge in [-0.25, -0.2) is 0 Å². The normalized spacial score (nSPS) is 11.7. The van der Waals surface area contributed by atoms with Crippen LogP contribution in [0, 0.1) is 0 Å². The highest BCUT2D eigenvalue weighted by Gasteiger charge is 2.20. The molecular weight excluding hydrogens is 719 g/mol. The Morgan fingerprint density at radius 2 is 0.847 bits per heavy atom. The number of anilines is 3. The second-order valence-corrected chi connectivity index (χ2v) is 15.2. The number of nitrogens with zero attached hydrogens (tertiary/aromatic N) is 1. The van der Waals surface area contributed by atoms with Gasteiger partial charge in [0.1, 0.15) is 16.7 Å². The summed E-state index contributed by atoms with van der Waals surface area (Å²) in [4.78, 5) is 2.31. The molecule has 0 aliphatic carbocycles. The maximum absolute atomic E-state index is 6.64. The van der Waals surface area contributed by atoms with E-state index in [0.717, 1.165) is 83.2 Å². The summed E-state index contributed by atoms with van der Waals surface area (Å²) in [6, 6.07) is 75.6. The van der Waals surface area contributed by atoms with Crippen molar-refractivity contribution in [2.75, 3.05) is 4.90 Å². The third kappa shape index (κ3) is 5.44. The zero-order chi connectivity index (χ0) is 38.9. The predicted molar refractivity (Wildman–Crippen MR) is 247 cm³/mol. The summed E-state index contributed by atoms with van der Waals surface area (Å²) in [5.41, 5.74) is 13.5. The van der Waals surface area contributed by atoms with Crippen molar-refractivity contribution in [3.8, 4) is 33.4 Å². The number of para-hydroxylation sites is 3. The van der Waals surface area contributed by atoms with Gasteiger partial charge in [-0.15, -0.1) is 0 Å². The molecule has 12 aromatic rings. The van der Waals surface area contributed by atoms with Gasteiger partial charge < -0.3 is 13.7 Å². The van der Waals surface area contributed by atoms with Gasteiger partial charge in [0, 0.05) is 38.5 Å². The van der Waals surface area contributed by atoms with Crippen molar-refractivity contribution in [1.29, 1.82) is 0 Å². The Hall–Kier alpha value is -7.88. The lowest BCUT2D eigenvalue weighted by atomic mass is 9.93. The molecule has 0 spiro atoms. The van der Waals surface area contributed by atoms with Crippen LogP contribution in [0.3, 0.4) is 0 Å². The minimum Gasteiger partial charge on any atom is -0.455 e. The topological polar surface area (TPSA) is 29.5 Å². The largest absolute Gasteiger partial charge is 0.455 e. The van der Waals surface area contributed by atoms with Gasteiger partial charge in [-0.05, 0) is 104 Å². The highest BCUT2D eigenvalue weighted by atomic mass is 16.3. The molecule has 2 aromatic heterocycles. The Labute approximate surface area is 340 Å². The third-order valence-electron chi connectivity index (χ3n) is 11.9. The fourth-order valence-electron chi connectivity index (χ4n) is 9.04. The number of rotatable bonds is 6. The first-order chi connectivity index (χ1) is 29.2. The van der Waals surface area contributed by atoms with E-state index in [1.807, 2.05) is 18.2 Å². The van der Waals surface area contributed by atoms with Crippen LogP contribution in [-0.2, 0) is 0 Å². The molecule has 10 aromatic carbocycles. The Morgan fingerprint density at radius 1 is 0.288 bits per heavy atom. The molecule has 0 bridgehead atoms. The highest BCUT2D eigenvalue weighted by Crippen LogP contribution is 2.44. The average molecular weight is 754 g/mol. The molecule has 0 aliphatic rings. The smallest absolute Gasteiger partial charge is 0.159 e. The van der Waals surface area contributed by atoms with Gasteiger partial charge in [0.25, 0.3) is 0 Å². The van der Waals surface area contributed by atoms with Gasteiger partial charge >= 0.3 is 0 Å². The van der Waals surface area contributed by atoms with Crippen molar-refractivity contribution in [3.63, 3.8) is 0 Å². The van der Waals surface area contributed by atoms with Crippen molar-refractivity contribution in [2.24, 2.45) is 0 Å². The highest BCUT2D eigenvalue weighted by molar-refractivity contribution is 6.14. The van der Waals surface area contributed by atoms with Crippen LogP contribution >= 0.6 is 0 Å². The molecule has 59 heavy (non-hydrogen) atoms. The van der Waals surface area contributed by atoms with E-state index in [4.69, 9.17) is 8.83 Å². The van der Waals surface area contributed by atoms with Crippen LogP contribution in [0.5, 0.6) is 0 Å². The van der Waals surface area contributed by atoms with E-state index >= 15 is 0 Å². The monoisotopic (exact) mass is 753 g/mol. The van der Waals surface area contributed by atoms with Crippen molar-refractivity contribution < 1.29 is 8.83 Å². The van der Waals surface area contributed by atoms with Crippen molar-refractivity contribution in [2.45, 2.75) is 0 Å². The van der Waals surface area contributed by atoms with Gasteiger partial charge in [-0.1, -0.05) is 158 Å². The molecule has 276 valence electrons. The molecule has 0 saturated carbocycles. The van der Waals surface area contributed by atoms with E-state index in [1.165, 1.54) is 32.7 Å². The van der Waals surface area contributed by atoms with Gasteiger partial charge in [0.15, 0.2) is 5.58 Å². The summed E-state index contributed by atoms with van der Waals surface area (Å²) in [5.74, 6) is 0. The summed E-state index contributed by atoms with van der Waals surface area (Å²) < 4.78 is 13.1. The zero-order valence-corrected chi connectivity index (χ0v) is 32.0. The number of hydrogen-bond acceptors (Lipinski definition) is 3.